The van der Waals surface area contributed by atoms with Gasteiger partial charge in [0.1, 0.15) is 11.0 Å². The number of piperidine rings is 1. The summed E-state index contributed by atoms with van der Waals surface area (Å²) >= 11 is 1.28. The SMILES string of the molecule is O=C(NCCC1=CCCCC1)[C@@H]1CC12CCN(Cc1ccc3nsnc3c1)CC2. The largest absolute Gasteiger partial charge is 0.356 e. The molecule has 2 heterocycles. The van der Waals surface area contributed by atoms with Gasteiger partial charge in [0, 0.05) is 19.0 Å². The number of amides is 1. The summed E-state index contributed by atoms with van der Waals surface area (Å²) in [7, 11) is 0. The first-order chi connectivity index (χ1) is 14.2. The summed E-state index contributed by atoms with van der Waals surface area (Å²) < 4.78 is 8.64. The summed E-state index contributed by atoms with van der Waals surface area (Å²) in [6.07, 6.45) is 11.9. The van der Waals surface area contributed by atoms with Crippen molar-refractivity contribution < 1.29 is 4.79 Å². The lowest BCUT2D eigenvalue weighted by Crippen LogP contribution is -2.37. The third-order valence-corrected chi connectivity index (χ3v) is 7.77. The maximum absolute atomic E-state index is 12.6. The molecule has 1 saturated carbocycles. The van der Waals surface area contributed by atoms with E-state index in [9.17, 15) is 4.79 Å². The summed E-state index contributed by atoms with van der Waals surface area (Å²) in [6, 6.07) is 6.41. The molecule has 1 N–H and O–H groups in total. The number of nitrogens with one attached hydrogen (secondary N) is 1. The number of hydrogen-bond acceptors (Lipinski definition) is 5. The molecule has 3 aliphatic rings. The van der Waals surface area contributed by atoms with Gasteiger partial charge in [-0.3, -0.25) is 9.69 Å². The number of nitrogens with zero attached hydrogens (tertiary/aromatic N) is 3. The van der Waals surface area contributed by atoms with E-state index in [-0.39, 0.29) is 11.3 Å². The second kappa shape index (κ2) is 8.15. The number of rotatable bonds is 6. The van der Waals surface area contributed by atoms with Crippen LogP contribution < -0.4 is 5.32 Å². The van der Waals surface area contributed by atoms with Crippen molar-refractivity contribution in [3.05, 3.63) is 35.4 Å². The van der Waals surface area contributed by atoms with E-state index in [4.69, 9.17) is 0 Å². The quantitative estimate of drug-likeness (QED) is 0.722. The van der Waals surface area contributed by atoms with Crippen molar-refractivity contribution in [3.8, 4) is 0 Å². The van der Waals surface area contributed by atoms with Crippen LogP contribution in [0.3, 0.4) is 0 Å². The highest BCUT2D eigenvalue weighted by Gasteiger charge is 2.58. The topological polar surface area (TPSA) is 58.1 Å². The fourth-order valence-corrected chi connectivity index (χ4v) is 5.73. The smallest absolute Gasteiger partial charge is 0.223 e. The summed E-state index contributed by atoms with van der Waals surface area (Å²) in [4.78, 5) is 15.2. The number of benzene rings is 1. The average Bonchev–Trinajstić information content (AvgIpc) is 3.24. The Morgan fingerprint density at radius 2 is 2.07 bits per heavy atom. The molecule has 2 aliphatic carbocycles. The second-order valence-corrected chi connectivity index (χ2v) is 9.66. The Labute approximate surface area is 176 Å². The highest BCUT2D eigenvalue weighted by molar-refractivity contribution is 7.00. The van der Waals surface area contributed by atoms with Crippen LogP contribution in [0, 0.1) is 11.3 Å². The van der Waals surface area contributed by atoms with E-state index in [0.717, 1.165) is 62.9 Å². The summed E-state index contributed by atoms with van der Waals surface area (Å²) in [5, 5.41) is 3.22. The molecule has 154 valence electrons. The average molecular weight is 411 g/mol. The second-order valence-electron chi connectivity index (χ2n) is 9.13. The molecule has 0 unspecified atom stereocenters. The van der Waals surface area contributed by atoms with E-state index < -0.39 is 0 Å². The van der Waals surface area contributed by atoms with Gasteiger partial charge in [0.15, 0.2) is 0 Å². The third-order valence-electron chi connectivity index (χ3n) is 7.21. The Balaban J connectivity index is 1.07. The third kappa shape index (κ3) is 4.24. The van der Waals surface area contributed by atoms with Crippen molar-refractivity contribution in [2.75, 3.05) is 19.6 Å². The normalized spacial score (nSPS) is 23.9. The van der Waals surface area contributed by atoms with Gasteiger partial charge in [-0.1, -0.05) is 17.7 Å². The Hall–Kier alpha value is -1.79. The zero-order valence-electron chi connectivity index (χ0n) is 17.0. The fraction of sp³-hybridized carbons (Fsp3) is 0.609. The molecule has 1 aliphatic heterocycles. The lowest BCUT2D eigenvalue weighted by molar-refractivity contribution is -0.123. The predicted molar refractivity (Wildman–Crippen MR) is 117 cm³/mol. The molecule has 1 aromatic carbocycles. The summed E-state index contributed by atoms with van der Waals surface area (Å²) in [5.74, 6) is 0.554. The zero-order valence-corrected chi connectivity index (χ0v) is 17.8. The minimum atomic E-state index is 0.252. The molecule has 0 radical (unpaired) electrons. The number of carbonyl (C=O) groups is 1. The molecular weight excluding hydrogens is 380 g/mol. The monoisotopic (exact) mass is 410 g/mol. The van der Waals surface area contributed by atoms with Crippen molar-refractivity contribution in [3.63, 3.8) is 0 Å². The first-order valence-electron chi connectivity index (χ1n) is 11.1. The highest BCUT2D eigenvalue weighted by atomic mass is 32.1. The first kappa shape index (κ1) is 19.2. The van der Waals surface area contributed by atoms with E-state index in [1.807, 2.05) is 0 Å². The van der Waals surface area contributed by atoms with Crippen LogP contribution in [0.25, 0.3) is 11.0 Å². The molecule has 5 rings (SSSR count). The Kier molecular flexibility index (Phi) is 5.39. The van der Waals surface area contributed by atoms with Crippen LogP contribution in [0.5, 0.6) is 0 Å². The molecule has 6 heteroatoms. The number of likely N-dealkylation sites (tertiary alicyclic amines) is 1. The molecule has 1 spiro atoms. The van der Waals surface area contributed by atoms with E-state index >= 15 is 0 Å². The van der Waals surface area contributed by atoms with Gasteiger partial charge in [0.25, 0.3) is 0 Å². The van der Waals surface area contributed by atoms with Crippen LogP contribution in [0.4, 0.5) is 0 Å². The van der Waals surface area contributed by atoms with Crippen molar-refractivity contribution in [1.82, 2.24) is 19.0 Å². The summed E-state index contributed by atoms with van der Waals surface area (Å²) in [5.41, 5.74) is 5.13. The predicted octanol–water partition coefficient (Wildman–Crippen LogP) is 4.30. The number of allylic oxidation sites excluding steroid dienone is 1. The minimum absolute atomic E-state index is 0.252. The molecular formula is C23H30N4OS. The van der Waals surface area contributed by atoms with Crippen LogP contribution in [0.15, 0.2) is 29.8 Å². The zero-order chi connectivity index (χ0) is 19.7. The number of aromatic nitrogens is 2. The molecule has 1 amide bonds. The number of carbonyl (C=O) groups excluding carboxylic acids is 1. The first-order valence-corrected chi connectivity index (χ1v) is 11.8. The van der Waals surface area contributed by atoms with Crippen LogP contribution in [-0.4, -0.2) is 39.2 Å². The lowest BCUT2D eigenvalue weighted by atomic mass is 9.90. The number of hydrogen-bond donors (Lipinski definition) is 1. The van der Waals surface area contributed by atoms with Crippen molar-refractivity contribution in [1.29, 1.82) is 0 Å². The van der Waals surface area contributed by atoms with Gasteiger partial charge in [-0.15, -0.1) is 0 Å². The molecule has 29 heavy (non-hydrogen) atoms. The maximum atomic E-state index is 12.6. The molecule has 1 saturated heterocycles. The Morgan fingerprint density at radius 1 is 1.21 bits per heavy atom. The number of fused-ring (bicyclic) bond motifs is 1. The van der Waals surface area contributed by atoms with Gasteiger partial charge in [0.2, 0.25) is 5.91 Å². The van der Waals surface area contributed by atoms with E-state index in [2.05, 4.69) is 43.2 Å². The van der Waals surface area contributed by atoms with E-state index in [1.54, 1.807) is 5.57 Å². The Morgan fingerprint density at radius 3 is 2.90 bits per heavy atom. The highest BCUT2D eigenvalue weighted by Crippen LogP contribution is 2.59. The van der Waals surface area contributed by atoms with Gasteiger partial charge >= 0.3 is 0 Å². The van der Waals surface area contributed by atoms with Gasteiger partial charge < -0.3 is 5.32 Å². The van der Waals surface area contributed by atoms with Crippen molar-refractivity contribution in [2.24, 2.45) is 11.3 Å². The molecule has 0 bridgehead atoms. The molecule has 1 atom stereocenters. The van der Waals surface area contributed by atoms with Crippen LogP contribution >= 0.6 is 11.7 Å². The van der Waals surface area contributed by atoms with Gasteiger partial charge in [0.05, 0.1) is 11.7 Å². The molecule has 2 aromatic rings. The van der Waals surface area contributed by atoms with E-state index in [0.29, 0.717) is 5.91 Å². The van der Waals surface area contributed by atoms with Crippen molar-refractivity contribution >= 4 is 28.7 Å². The molecule has 5 nitrogen and oxygen atoms in total. The lowest BCUT2D eigenvalue weighted by Gasteiger charge is -2.32. The van der Waals surface area contributed by atoms with Crippen molar-refractivity contribution in [2.45, 2.75) is 57.9 Å². The molecule has 2 fully saturated rings. The van der Waals surface area contributed by atoms with Crippen LogP contribution in [-0.2, 0) is 11.3 Å². The Bertz CT molecular complexity index is 912. The molecule has 1 aromatic heterocycles. The fourth-order valence-electron chi connectivity index (χ4n) is 5.21. The van der Waals surface area contributed by atoms with Gasteiger partial charge in [-0.25, -0.2) is 0 Å². The summed E-state index contributed by atoms with van der Waals surface area (Å²) in [6.45, 7) is 3.96. The standard InChI is InChI=1S/C23H30N4OS/c28-22(24-11-8-17-4-2-1-3-5-17)19-15-23(19)9-12-27(13-10-23)16-18-6-7-20-21(14-18)26-29-25-20/h4,6-7,14,19H,1-3,5,8-13,15-16H2,(H,24,28)/t19-/m0/s1. The minimum Gasteiger partial charge on any atom is -0.356 e. The van der Waals surface area contributed by atoms with E-state index in [1.165, 1.54) is 43.0 Å². The van der Waals surface area contributed by atoms with Gasteiger partial charge in [-0.2, -0.15) is 8.75 Å². The van der Waals surface area contributed by atoms with Gasteiger partial charge in [-0.05, 0) is 87.6 Å². The van der Waals surface area contributed by atoms with Crippen LogP contribution in [0.2, 0.25) is 0 Å². The maximum Gasteiger partial charge on any atom is 0.223 e. The van der Waals surface area contributed by atoms with Crippen LogP contribution in [0.1, 0.15) is 56.9 Å².